The lowest BCUT2D eigenvalue weighted by Crippen LogP contribution is -2.49. The van der Waals surface area contributed by atoms with Crippen LogP contribution in [0, 0.1) is 11.6 Å². The van der Waals surface area contributed by atoms with Crippen molar-refractivity contribution in [2.75, 3.05) is 18.5 Å². The van der Waals surface area contributed by atoms with E-state index >= 15 is 0 Å². The van der Waals surface area contributed by atoms with Gasteiger partial charge in [-0.05, 0) is 29.8 Å². The van der Waals surface area contributed by atoms with Gasteiger partial charge in [0.1, 0.15) is 13.2 Å². The molecule has 1 atom stereocenters. The van der Waals surface area contributed by atoms with Gasteiger partial charge in [-0.3, -0.25) is 9.69 Å². The molecule has 10 heteroatoms. The van der Waals surface area contributed by atoms with E-state index in [4.69, 9.17) is 16.3 Å². The third-order valence-electron chi connectivity index (χ3n) is 4.71. The molecule has 0 aromatic heterocycles. The van der Waals surface area contributed by atoms with Crippen LogP contribution in [0.1, 0.15) is 11.6 Å². The summed E-state index contributed by atoms with van der Waals surface area (Å²) in [6.07, 6.45) is 0. The van der Waals surface area contributed by atoms with Gasteiger partial charge in [-0.15, -0.1) is 0 Å². The first-order valence-corrected chi connectivity index (χ1v) is 9.20. The number of anilines is 1. The van der Waals surface area contributed by atoms with E-state index in [1.807, 2.05) is 0 Å². The van der Waals surface area contributed by atoms with Crippen LogP contribution in [0.2, 0.25) is 5.02 Å². The molecule has 0 spiro atoms. The number of ether oxygens (including phenoxy) is 1. The third kappa shape index (κ3) is 3.71. The molecule has 2 aliphatic rings. The molecule has 0 radical (unpaired) electrons. The van der Waals surface area contributed by atoms with E-state index in [9.17, 15) is 23.2 Å². The SMILES string of the molecule is O=C(CN1C(=O)N[C@@H](c2ccc(Cl)cc2)C2=C1COC2=O)Nc1ccc(F)c(F)c1. The number of cyclic esters (lactones) is 1. The Kier molecular flexibility index (Phi) is 5.13. The summed E-state index contributed by atoms with van der Waals surface area (Å²) in [6.45, 7) is -0.613. The molecule has 3 amide bonds. The second-order valence-electron chi connectivity index (χ2n) is 6.63. The van der Waals surface area contributed by atoms with Crippen molar-refractivity contribution in [1.29, 1.82) is 0 Å². The van der Waals surface area contributed by atoms with Crippen molar-refractivity contribution in [2.24, 2.45) is 0 Å². The largest absolute Gasteiger partial charge is 0.456 e. The number of esters is 1. The number of carbonyl (C=O) groups is 3. The summed E-state index contributed by atoms with van der Waals surface area (Å²) in [4.78, 5) is 38.4. The fourth-order valence-corrected chi connectivity index (χ4v) is 3.43. The van der Waals surface area contributed by atoms with Crippen molar-refractivity contribution in [2.45, 2.75) is 6.04 Å². The average Bonchev–Trinajstić information content (AvgIpc) is 3.09. The van der Waals surface area contributed by atoms with Gasteiger partial charge < -0.3 is 15.4 Å². The molecule has 0 saturated heterocycles. The third-order valence-corrected chi connectivity index (χ3v) is 4.96. The van der Waals surface area contributed by atoms with Gasteiger partial charge in [-0.25, -0.2) is 18.4 Å². The lowest BCUT2D eigenvalue weighted by Gasteiger charge is -2.32. The van der Waals surface area contributed by atoms with Gasteiger partial charge in [0.15, 0.2) is 11.6 Å². The number of hydrogen-bond acceptors (Lipinski definition) is 4. The van der Waals surface area contributed by atoms with Crippen molar-refractivity contribution in [3.8, 4) is 0 Å². The van der Waals surface area contributed by atoms with Crippen LogP contribution in [0.15, 0.2) is 53.7 Å². The van der Waals surface area contributed by atoms with Gasteiger partial charge in [0.05, 0.1) is 17.3 Å². The molecule has 2 aliphatic heterocycles. The molecule has 0 unspecified atom stereocenters. The summed E-state index contributed by atoms with van der Waals surface area (Å²) in [5.41, 5.74) is 1.15. The van der Waals surface area contributed by atoms with Crippen LogP contribution in [-0.4, -0.2) is 36.0 Å². The molecule has 0 bridgehead atoms. The zero-order valence-electron chi connectivity index (χ0n) is 15.2. The minimum Gasteiger partial charge on any atom is -0.456 e. The van der Waals surface area contributed by atoms with Gasteiger partial charge in [-0.1, -0.05) is 23.7 Å². The second-order valence-corrected chi connectivity index (χ2v) is 7.07. The Balaban J connectivity index is 1.58. The molecule has 7 nitrogen and oxygen atoms in total. The van der Waals surface area contributed by atoms with Gasteiger partial charge in [0.2, 0.25) is 5.91 Å². The van der Waals surface area contributed by atoms with Gasteiger partial charge >= 0.3 is 12.0 Å². The number of urea groups is 1. The first-order chi connectivity index (χ1) is 14.3. The van der Waals surface area contributed by atoms with Gasteiger partial charge in [0.25, 0.3) is 0 Å². The summed E-state index contributed by atoms with van der Waals surface area (Å²) >= 11 is 5.90. The van der Waals surface area contributed by atoms with Crippen LogP contribution < -0.4 is 10.6 Å². The molecule has 2 N–H and O–H groups in total. The van der Waals surface area contributed by atoms with E-state index in [0.29, 0.717) is 10.6 Å². The number of nitrogens with zero attached hydrogens (tertiary/aromatic N) is 1. The Bertz CT molecular complexity index is 1090. The first-order valence-electron chi connectivity index (χ1n) is 8.82. The van der Waals surface area contributed by atoms with Crippen molar-refractivity contribution < 1.29 is 27.9 Å². The minimum atomic E-state index is -1.12. The molecular formula is C20H14ClF2N3O4. The Hall–Kier alpha value is -3.46. The summed E-state index contributed by atoms with van der Waals surface area (Å²) in [6, 6.07) is 8.15. The Morgan fingerprint density at radius 1 is 1.17 bits per heavy atom. The molecule has 0 fully saturated rings. The van der Waals surface area contributed by atoms with Crippen LogP contribution in [0.3, 0.4) is 0 Å². The summed E-state index contributed by atoms with van der Waals surface area (Å²) in [5.74, 6) is -3.43. The maximum absolute atomic E-state index is 13.3. The molecule has 2 heterocycles. The summed E-state index contributed by atoms with van der Waals surface area (Å²) in [7, 11) is 0. The van der Waals surface area contributed by atoms with Crippen molar-refractivity contribution in [1.82, 2.24) is 10.2 Å². The normalized spacial score (nSPS) is 18.1. The van der Waals surface area contributed by atoms with Crippen LogP contribution in [0.5, 0.6) is 0 Å². The second kappa shape index (κ2) is 7.75. The van der Waals surface area contributed by atoms with Gasteiger partial charge in [0, 0.05) is 16.8 Å². The highest BCUT2D eigenvalue weighted by Crippen LogP contribution is 2.35. The van der Waals surface area contributed by atoms with Crippen molar-refractivity contribution >= 4 is 35.2 Å². The van der Waals surface area contributed by atoms with Crippen LogP contribution >= 0.6 is 11.6 Å². The van der Waals surface area contributed by atoms with Crippen LogP contribution in [-0.2, 0) is 14.3 Å². The summed E-state index contributed by atoms with van der Waals surface area (Å²) < 4.78 is 31.4. The average molecular weight is 434 g/mol. The van der Waals surface area contributed by atoms with E-state index in [-0.39, 0.29) is 23.6 Å². The van der Waals surface area contributed by atoms with E-state index in [2.05, 4.69) is 10.6 Å². The Labute approximate surface area is 174 Å². The Morgan fingerprint density at radius 3 is 2.60 bits per heavy atom. The molecule has 154 valence electrons. The number of nitrogens with one attached hydrogen (secondary N) is 2. The number of amides is 3. The lowest BCUT2D eigenvalue weighted by atomic mass is 9.96. The Morgan fingerprint density at radius 2 is 1.90 bits per heavy atom. The van der Waals surface area contributed by atoms with E-state index < -0.39 is 42.1 Å². The highest BCUT2D eigenvalue weighted by Gasteiger charge is 2.42. The molecule has 2 aromatic rings. The standard InChI is InChI=1S/C20H14ClF2N3O4/c21-11-3-1-10(2-4-11)18-17-15(9-30-19(17)28)26(20(29)25-18)8-16(27)24-12-5-6-13(22)14(23)7-12/h1-7,18H,8-9H2,(H,24,27)(H,25,29)/t18-/m0/s1. The highest BCUT2D eigenvalue weighted by molar-refractivity contribution is 6.30. The van der Waals surface area contributed by atoms with Crippen LogP contribution in [0.4, 0.5) is 19.3 Å². The predicted molar refractivity (Wildman–Crippen MR) is 102 cm³/mol. The topological polar surface area (TPSA) is 87.7 Å². The fourth-order valence-electron chi connectivity index (χ4n) is 3.30. The van der Waals surface area contributed by atoms with E-state index in [1.54, 1.807) is 24.3 Å². The molecule has 4 rings (SSSR count). The number of hydrogen-bond donors (Lipinski definition) is 2. The predicted octanol–water partition coefficient (Wildman–Crippen LogP) is 3.13. The fraction of sp³-hybridized carbons (Fsp3) is 0.150. The number of rotatable bonds is 4. The maximum Gasteiger partial charge on any atom is 0.338 e. The van der Waals surface area contributed by atoms with Crippen molar-refractivity contribution in [3.05, 3.63) is 76.0 Å². The molecular weight excluding hydrogens is 420 g/mol. The van der Waals surface area contributed by atoms with Gasteiger partial charge in [-0.2, -0.15) is 0 Å². The molecule has 30 heavy (non-hydrogen) atoms. The smallest absolute Gasteiger partial charge is 0.338 e. The first kappa shape index (κ1) is 19.8. The maximum atomic E-state index is 13.3. The van der Waals surface area contributed by atoms with E-state index in [1.165, 1.54) is 6.07 Å². The van der Waals surface area contributed by atoms with E-state index in [0.717, 1.165) is 17.0 Å². The molecule has 0 aliphatic carbocycles. The lowest BCUT2D eigenvalue weighted by molar-refractivity contribution is -0.136. The summed E-state index contributed by atoms with van der Waals surface area (Å²) in [5, 5.41) is 5.57. The molecule has 0 saturated carbocycles. The number of carbonyl (C=O) groups excluding carboxylic acids is 3. The monoisotopic (exact) mass is 433 g/mol. The molecule has 2 aromatic carbocycles. The highest BCUT2D eigenvalue weighted by atomic mass is 35.5. The van der Waals surface area contributed by atoms with Crippen molar-refractivity contribution in [3.63, 3.8) is 0 Å². The minimum absolute atomic E-state index is 0.0308. The van der Waals surface area contributed by atoms with Crippen LogP contribution in [0.25, 0.3) is 0 Å². The zero-order chi connectivity index (χ0) is 21.4. The quantitative estimate of drug-likeness (QED) is 0.725. The zero-order valence-corrected chi connectivity index (χ0v) is 16.0. The number of halogens is 3. The number of benzene rings is 2.